The maximum absolute atomic E-state index is 12.8. The average Bonchev–Trinajstić information content (AvgIpc) is 2.86. The molecule has 0 unspecified atom stereocenters. The molecule has 1 amide bonds. The molecule has 1 N–H and O–H groups in total. The molecule has 0 radical (unpaired) electrons. The molecule has 1 aromatic carbocycles. The van der Waals surface area contributed by atoms with Crippen LogP contribution in [-0.2, 0) is 0 Å². The van der Waals surface area contributed by atoms with Gasteiger partial charge in [0, 0.05) is 31.2 Å². The summed E-state index contributed by atoms with van der Waals surface area (Å²) in [6.07, 6.45) is 2.25. The molecule has 2 heterocycles. The van der Waals surface area contributed by atoms with Crippen LogP contribution in [0.1, 0.15) is 32.8 Å². The van der Waals surface area contributed by atoms with E-state index in [1.807, 2.05) is 45.9 Å². The number of amides is 1. The smallest absolute Gasteiger partial charge is 0.415 e. The highest BCUT2D eigenvalue weighted by Gasteiger charge is 2.25. The molecule has 26 heavy (non-hydrogen) atoms. The molecule has 0 spiro atoms. The highest BCUT2D eigenvalue weighted by molar-refractivity contribution is 5.90. The SMILES string of the molecule is Cc1cc2cccnc2c(OC(=O)N2CCCNCC2)c1OC(C)(C)C. The van der Waals surface area contributed by atoms with Gasteiger partial charge in [0.15, 0.2) is 5.75 Å². The molecule has 140 valence electrons. The summed E-state index contributed by atoms with van der Waals surface area (Å²) in [5.74, 6) is 0.975. The minimum Gasteiger partial charge on any atom is -0.484 e. The summed E-state index contributed by atoms with van der Waals surface area (Å²) in [5, 5.41) is 4.21. The molecule has 1 fully saturated rings. The van der Waals surface area contributed by atoms with E-state index in [-0.39, 0.29) is 6.09 Å². The van der Waals surface area contributed by atoms with Gasteiger partial charge in [0.25, 0.3) is 0 Å². The number of hydrogen-bond donors (Lipinski definition) is 1. The summed E-state index contributed by atoms with van der Waals surface area (Å²) >= 11 is 0. The predicted octanol–water partition coefficient (Wildman–Crippen LogP) is 3.51. The number of ether oxygens (including phenoxy) is 2. The first-order chi connectivity index (χ1) is 12.3. The fraction of sp³-hybridized carbons (Fsp3) is 0.500. The molecule has 2 aromatic rings. The van der Waals surface area contributed by atoms with Gasteiger partial charge in [0.1, 0.15) is 11.1 Å². The van der Waals surface area contributed by atoms with E-state index in [1.54, 1.807) is 11.1 Å². The summed E-state index contributed by atoms with van der Waals surface area (Å²) < 4.78 is 12.0. The standard InChI is InChI=1S/C20H27N3O3/c1-14-13-15-7-5-9-22-16(15)18(17(14)26-20(2,3)4)25-19(24)23-11-6-8-21-10-12-23/h5,7,9,13,21H,6,8,10-12H2,1-4H3. The van der Waals surface area contributed by atoms with E-state index in [4.69, 9.17) is 9.47 Å². The van der Waals surface area contributed by atoms with Crippen LogP contribution in [0.3, 0.4) is 0 Å². The third-order valence-corrected chi connectivity index (χ3v) is 4.19. The van der Waals surface area contributed by atoms with Crippen LogP contribution < -0.4 is 14.8 Å². The number of fused-ring (bicyclic) bond motifs is 1. The maximum atomic E-state index is 12.8. The van der Waals surface area contributed by atoms with Gasteiger partial charge in [-0.1, -0.05) is 6.07 Å². The Kier molecular flexibility index (Phi) is 5.32. The number of nitrogens with zero attached hydrogens (tertiary/aromatic N) is 2. The van der Waals surface area contributed by atoms with Crippen molar-refractivity contribution >= 4 is 17.0 Å². The van der Waals surface area contributed by atoms with Gasteiger partial charge in [-0.2, -0.15) is 0 Å². The summed E-state index contributed by atoms with van der Waals surface area (Å²) in [6, 6.07) is 5.85. The van der Waals surface area contributed by atoms with Gasteiger partial charge >= 0.3 is 6.09 Å². The topological polar surface area (TPSA) is 63.7 Å². The highest BCUT2D eigenvalue weighted by Crippen LogP contribution is 2.40. The second-order valence-electron chi connectivity index (χ2n) is 7.60. The molecule has 0 aliphatic carbocycles. The Labute approximate surface area is 154 Å². The van der Waals surface area contributed by atoms with E-state index in [1.165, 1.54) is 0 Å². The second kappa shape index (κ2) is 7.50. The first kappa shape index (κ1) is 18.5. The minimum atomic E-state index is -0.416. The number of nitrogens with one attached hydrogen (secondary N) is 1. The maximum Gasteiger partial charge on any atom is 0.415 e. The van der Waals surface area contributed by atoms with Crippen molar-refractivity contribution in [2.24, 2.45) is 0 Å². The molecular formula is C20H27N3O3. The van der Waals surface area contributed by atoms with E-state index in [2.05, 4.69) is 10.3 Å². The van der Waals surface area contributed by atoms with Crippen molar-refractivity contribution in [1.82, 2.24) is 15.2 Å². The molecule has 6 heteroatoms. The molecule has 0 atom stereocenters. The Morgan fingerprint density at radius 1 is 1.23 bits per heavy atom. The summed E-state index contributed by atoms with van der Waals surface area (Å²) in [7, 11) is 0. The quantitative estimate of drug-likeness (QED) is 0.891. The van der Waals surface area contributed by atoms with Crippen molar-refractivity contribution in [2.45, 2.75) is 39.7 Å². The largest absolute Gasteiger partial charge is 0.484 e. The monoisotopic (exact) mass is 357 g/mol. The van der Waals surface area contributed by atoms with Crippen molar-refractivity contribution in [1.29, 1.82) is 0 Å². The van der Waals surface area contributed by atoms with Crippen molar-refractivity contribution < 1.29 is 14.3 Å². The summed E-state index contributed by atoms with van der Waals surface area (Å²) in [6.45, 7) is 10.9. The first-order valence-electron chi connectivity index (χ1n) is 9.10. The number of rotatable bonds is 2. The van der Waals surface area contributed by atoms with Crippen LogP contribution in [0.25, 0.3) is 10.9 Å². The van der Waals surface area contributed by atoms with Crippen molar-refractivity contribution in [2.75, 3.05) is 26.2 Å². The Morgan fingerprint density at radius 3 is 2.81 bits per heavy atom. The van der Waals surface area contributed by atoms with E-state index >= 15 is 0 Å². The van der Waals surface area contributed by atoms with Crippen LogP contribution >= 0.6 is 0 Å². The van der Waals surface area contributed by atoms with E-state index in [0.29, 0.717) is 30.1 Å². The Balaban J connectivity index is 2.01. The van der Waals surface area contributed by atoms with Gasteiger partial charge in [-0.25, -0.2) is 4.79 Å². The number of benzene rings is 1. The first-order valence-corrected chi connectivity index (χ1v) is 9.10. The number of pyridine rings is 1. The Hall–Kier alpha value is -2.34. The zero-order chi connectivity index (χ0) is 18.7. The number of aryl methyl sites for hydroxylation is 1. The van der Waals surface area contributed by atoms with Crippen LogP contribution in [-0.4, -0.2) is 47.8 Å². The van der Waals surface area contributed by atoms with Gasteiger partial charge in [-0.05, 0) is 58.4 Å². The van der Waals surface area contributed by atoms with Gasteiger partial charge in [-0.15, -0.1) is 0 Å². The molecule has 1 aliphatic heterocycles. The molecule has 6 nitrogen and oxygen atoms in total. The lowest BCUT2D eigenvalue weighted by Crippen LogP contribution is -2.36. The molecule has 0 saturated carbocycles. The number of hydrogen-bond acceptors (Lipinski definition) is 5. The Bertz CT molecular complexity index is 791. The highest BCUT2D eigenvalue weighted by atomic mass is 16.6. The number of carbonyl (C=O) groups is 1. The van der Waals surface area contributed by atoms with Crippen LogP contribution in [0.5, 0.6) is 11.5 Å². The molecule has 0 bridgehead atoms. The molecular weight excluding hydrogens is 330 g/mol. The summed E-state index contributed by atoms with van der Waals surface area (Å²) in [4.78, 5) is 19.0. The van der Waals surface area contributed by atoms with Crippen molar-refractivity contribution in [3.8, 4) is 11.5 Å². The van der Waals surface area contributed by atoms with Gasteiger partial charge in [-0.3, -0.25) is 4.98 Å². The zero-order valence-corrected chi connectivity index (χ0v) is 16.0. The molecule has 1 aromatic heterocycles. The van der Waals surface area contributed by atoms with Crippen LogP contribution in [0.2, 0.25) is 0 Å². The van der Waals surface area contributed by atoms with Crippen LogP contribution in [0.4, 0.5) is 4.79 Å². The molecule has 1 aliphatic rings. The lowest BCUT2D eigenvalue weighted by Gasteiger charge is -2.26. The fourth-order valence-electron chi connectivity index (χ4n) is 3.02. The van der Waals surface area contributed by atoms with Gasteiger partial charge in [0.2, 0.25) is 5.75 Å². The third-order valence-electron chi connectivity index (χ3n) is 4.19. The van der Waals surface area contributed by atoms with Crippen LogP contribution in [0.15, 0.2) is 24.4 Å². The zero-order valence-electron chi connectivity index (χ0n) is 16.0. The lowest BCUT2D eigenvalue weighted by atomic mass is 10.1. The van der Waals surface area contributed by atoms with E-state index in [9.17, 15) is 4.79 Å². The third kappa shape index (κ3) is 4.25. The van der Waals surface area contributed by atoms with E-state index < -0.39 is 5.60 Å². The van der Waals surface area contributed by atoms with Gasteiger partial charge in [0.05, 0.1) is 0 Å². The fourth-order valence-corrected chi connectivity index (χ4v) is 3.02. The second-order valence-corrected chi connectivity index (χ2v) is 7.60. The minimum absolute atomic E-state index is 0.356. The normalized spacial score (nSPS) is 15.6. The molecule has 3 rings (SSSR count). The van der Waals surface area contributed by atoms with Crippen molar-refractivity contribution in [3.05, 3.63) is 30.0 Å². The van der Waals surface area contributed by atoms with Crippen molar-refractivity contribution in [3.63, 3.8) is 0 Å². The average molecular weight is 357 g/mol. The summed E-state index contributed by atoms with van der Waals surface area (Å²) in [5.41, 5.74) is 1.14. The Morgan fingerprint density at radius 2 is 2.04 bits per heavy atom. The lowest BCUT2D eigenvalue weighted by molar-refractivity contribution is 0.119. The number of aromatic nitrogens is 1. The van der Waals surface area contributed by atoms with Gasteiger partial charge < -0.3 is 19.7 Å². The molecule has 1 saturated heterocycles. The number of carbonyl (C=O) groups excluding carboxylic acids is 1. The predicted molar refractivity (Wildman–Crippen MR) is 102 cm³/mol. The van der Waals surface area contributed by atoms with E-state index in [0.717, 1.165) is 30.5 Å². The van der Waals surface area contributed by atoms with Crippen LogP contribution in [0, 0.1) is 6.92 Å².